The molecular formula is C11H14FNO2S. The summed E-state index contributed by atoms with van der Waals surface area (Å²) in [5.74, 6) is -0.937. The average molecular weight is 243 g/mol. The van der Waals surface area contributed by atoms with Crippen LogP contribution in [0.3, 0.4) is 0 Å². The van der Waals surface area contributed by atoms with Crippen LogP contribution in [0, 0.1) is 5.82 Å². The number of carboxylic acids is 1. The van der Waals surface area contributed by atoms with E-state index in [4.69, 9.17) is 5.11 Å². The third kappa shape index (κ3) is 3.81. The van der Waals surface area contributed by atoms with Gasteiger partial charge in [0.05, 0.1) is 11.8 Å². The fourth-order valence-corrected chi connectivity index (χ4v) is 2.19. The van der Waals surface area contributed by atoms with Gasteiger partial charge in [0, 0.05) is 0 Å². The molecule has 0 atom stereocenters. The molecule has 0 saturated carbocycles. The molecule has 16 heavy (non-hydrogen) atoms. The number of rotatable bonds is 6. The molecule has 5 heteroatoms. The molecule has 0 spiro atoms. The predicted molar refractivity (Wildman–Crippen MR) is 61.4 cm³/mol. The second kappa shape index (κ2) is 6.48. The molecule has 88 valence electrons. The van der Waals surface area contributed by atoms with Gasteiger partial charge in [0.1, 0.15) is 10.8 Å². The summed E-state index contributed by atoms with van der Waals surface area (Å²) in [5.41, 5.74) is -0.0542. The first-order chi connectivity index (χ1) is 7.65. The molecule has 1 aromatic rings. The highest BCUT2D eigenvalue weighted by molar-refractivity contribution is 7.99. The first-order valence-electron chi connectivity index (χ1n) is 5.16. The van der Waals surface area contributed by atoms with E-state index in [1.54, 1.807) is 0 Å². The Hall–Kier alpha value is -1.10. The van der Waals surface area contributed by atoms with Crippen LogP contribution in [0.5, 0.6) is 0 Å². The highest BCUT2D eigenvalue weighted by Crippen LogP contribution is 2.22. The Morgan fingerprint density at radius 1 is 1.56 bits per heavy atom. The van der Waals surface area contributed by atoms with Crippen LogP contribution in [0.2, 0.25) is 0 Å². The van der Waals surface area contributed by atoms with Gasteiger partial charge in [-0.2, -0.15) is 0 Å². The highest BCUT2D eigenvalue weighted by Gasteiger charge is 2.12. The molecule has 3 nitrogen and oxygen atoms in total. The van der Waals surface area contributed by atoms with Crippen LogP contribution in [-0.2, 0) is 0 Å². The maximum atomic E-state index is 12.8. The third-order valence-electron chi connectivity index (χ3n) is 2.03. The Morgan fingerprint density at radius 2 is 2.31 bits per heavy atom. The number of thioether (sulfide) groups is 1. The Labute approximate surface area is 98.1 Å². The van der Waals surface area contributed by atoms with Gasteiger partial charge in [-0.25, -0.2) is 14.2 Å². The van der Waals surface area contributed by atoms with E-state index in [2.05, 4.69) is 11.9 Å². The van der Waals surface area contributed by atoms with Crippen molar-refractivity contribution >= 4 is 17.7 Å². The van der Waals surface area contributed by atoms with E-state index in [1.165, 1.54) is 11.8 Å². The molecule has 0 unspecified atom stereocenters. The number of hydrogen-bond donors (Lipinski definition) is 1. The van der Waals surface area contributed by atoms with Crippen molar-refractivity contribution in [1.82, 2.24) is 4.98 Å². The van der Waals surface area contributed by atoms with E-state index in [-0.39, 0.29) is 5.56 Å². The minimum Gasteiger partial charge on any atom is -0.478 e. The van der Waals surface area contributed by atoms with Crippen LogP contribution in [0.4, 0.5) is 4.39 Å². The summed E-state index contributed by atoms with van der Waals surface area (Å²) >= 11 is 1.37. The zero-order valence-electron chi connectivity index (χ0n) is 9.07. The standard InChI is InChI=1S/C11H14FNO2S/c1-2-3-4-5-16-10-9(11(14)15)6-8(12)7-13-10/h6-7H,2-5H2,1H3,(H,14,15). The fraction of sp³-hybridized carbons (Fsp3) is 0.455. The lowest BCUT2D eigenvalue weighted by atomic mass is 10.3. The van der Waals surface area contributed by atoms with E-state index < -0.39 is 11.8 Å². The molecule has 0 radical (unpaired) electrons. The predicted octanol–water partition coefficient (Wildman–Crippen LogP) is 3.20. The molecule has 0 aliphatic heterocycles. The van der Waals surface area contributed by atoms with Gasteiger partial charge in [-0.1, -0.05) is 19.8 Å². The smallest absolute Gasteiger partial charge is 0.338 e. The normalized spacial score (nSPS) is 10.4. The van der Waals surface area contributed by atoms with Gasteiger partial charge >= 0.3 is 5.97 Å². The summed E-state index contributed by atoms with van der Waals surface area (Å²) in [5, 5.41) is 9.27. The summed E-state index contributed by atoms with van der Waals surface area (Å²) in [6.45, 7) is 2.10. The van der Waals surface area contributed by atoms with E-state index in [9.17, 15) is 9.18 Å². The second-order valence-electron chi connectivity index (χ2n) is 3.37. The van der Waals surface area contributed by atoms with Gasteiger partial charge in [-0.3, -0.25) is 0 Å². The van der Waals surface area contributed by atoms with Crippen molar-refractivity contribution < 1.29 is 14.3 Å². The van der Waals surface area contributed by atoms with Crippen LogP contribution in [0.15, 0.2) is 17.3 Å². The van der Waals surface area contributed by atoms with Crippen molar-refractivity contribution in [2.75, 3.05) is 5.75 Å². The summed E-state index contributed by atoms with van der Waals surface area (Å²) < 4.78 is 12.8. The summed E-state index contributed by atoms with van der Waals surface area (Å²) in [6, 6.07) is 1.01. The van der Waals surface area contributed by atoms with Crippen LogP contribution >= 0.6 is 11.8 Å². The minimum absolute atomic E-state index is 0.0542. The lowest BCUT2D eigenvalue weighted by Crippen LogP contribution is -2.02. The maximum absolute atomic E-state index is 12.8. The van der Waals surface area contributed by atoms with E-state index in [1.807, 2.05) is 0 Å². The molecule has 1 heterocycles. The van der Waals surface area contributed by atoms with Gasteiger partial charge < -0.3 is 5.11 Å². The van der Waals surface area contributed by atoms with E-state index in [0.29, 0.717) is 5.03 Å². The molecule has 1 rings (SSSR count). The number of aromatic nitrogens is 1. The topological polar surface area (TPSA) is 50.2 Å². The fourth-order valence-electron chi connectivity index (χ4n) is 1.22. The first kappa shape index (κ1) is 13.0. The molecule has 0 saturated heterocycles. The molecule has 1 N–H and O–H groups in total. The summed E-state index contributed by atoms with van der Waals surface area (Å²) in [6.07, 6.45) is 4.29. The second-order valence-corrected chi connectivity index (χ2v) is 4.45. The van der Waals surface area contributed by atoms with Crippen molar-refractivity contribution in [3.8, 4) is 0 Å². The first-order valence-corrected chi connectivity index (χ1v) is 6.15. The molecule has 0 fully saturated rings. The van der Waals surface area contributed by atoms with Crippen LogP contribution in [-0.4, -0.2) is 21.8 Å². The van der Waals surface area contributed by atoms with Gasteiger partial charge in [0.2, 0.25) is 0 Å². The number of pyridine rings is 1. The molecule has 0 bridgehead atoms. The van der Waals surface area contributed by atoms with Gasteiger partial charge in [-0.15, -0.1) is 11.8 Å². The lowest BCUT2D eigenvalue weighted by Gasteiger charge is -2.04. The molecule has 0 amide bonds. The monoisotopic (exact) mass is 243 g/mol. The third-order valence-corrected chi connectivity index (χ3v) is 3.13. The zero-order valence-corrected chi connectivity index (χ0v) is 9.89. The largest absolute Gasteiger partial charge is 0.478 e. The number of unbranched alkanes of at least 4 members (excludes halogenated alkanes) is 2. The Bertz CT molecular complexity index is 371. The molecule has 0 aliphatic rings. The Morgan fingerprint density at radius 3 is 2.94 bits per heavy atom. The van der Waals surface area contributed by atoms with Gasteiger partial charge in [-0.05, 0) is 18.2 Å². The number of aromatic carboxylic acids is 1. The summed E-state index contributed by atoms with van der Waals surface area (Å²) in [7, 11) is 0. The molecule has 0 aliphatic carbocycles. The van der Waals surface area contributed by atoms with Crippen molar-refractivity contribution in [2.45, 2.75) is 31.2 Å². The molecular weight excluding hydrogens is 229 g/mol. The number of nitrogens with zero attached hydrogens (tertiary/aromatic N) is 1. The Balaban J connectivity index is 2.67. The van der Waals surface area contributed by atoms with E-state index >= 15 is 0 Å². The number of carboxylic acid groups (broad SMARTS) is 1. The highest BCUT2D eigenvalue weighted by atomic mass is 32.2. The zero-order chi connectivity index (χ0) is 12.0. The molecule has 1 aromatic heterocycles. The van der Waals surface area contributed by atoms with Crippen molar-refractivity contribution in [2.24, 2.45) is 0 Å². The van der Waals surface area contributed by atoms with Crippen molar-refractivity contribution in [3.05, 3.63) is 23.6 Å². The quantitative estimate of drug-likeness (QED) is 0.615. The van der Waals surface area contributed by atoms with Crippen molar-refractivity contribution in [3.63, 3.8) is 0 Å². The van der Waals surface area contributed by atoms with E-state index in [0.717, 1.165) is 37.3 Å². The molecule has 0 aromatic carbocycles. The van der Waals surface area contributed by atoms with Crippen molar-refractivity contribution in [1.29, 1.82) is 0 Å². The van der Waals surface area contributed by atoms with Gasteiger partial charge in [0.15, 0.2) is 0 Å². The number of hydrogen-bond acceptors (Lipinski definition) is 3. The number of halogens is 1. The summed E-state index contributed by atoms with van der Waals surface area (Å²) in [4.78, 5) is 14.6. The number of carbonyl (C=O) groups is 1. The Kier molecular flexibility index (Phi) is 5.25. The average Bonchev–Trinajstić information content (AvgIpc) is 2.26. The minimum atomic E-state index is -1.13. The van der Waals surface area contributed by atoms with Crippen LogP contribution in [0.25, 0.3) is 0 Å². The maximum Gasteiger partial charge on any atom is 0.338 e. The lowest BCUT2D eigenvalue weighted by molar-refractivity contribution is 0.0691. The SMILES string of the molecule is CCCCCSc1ncc(F)cc1C(=O)O. The van der Waals surface area contributed by atoms with Gasteiger partial charge in [0.25, 0.3) is 0 Å². The van der Waals surface area contributed by atoms with Crippen LogP contribution in [0.1, 0.15) is 36.5 Å². The van der Waals surface area contributed by atoms with Crippen LogP contribution < -0.4 is 0 Å².